The minimum atomic E-state index is 0.210. The third kappa shape index (κ3) is 9.28. The summed E-state index contributed by atoms with van der Waals surface area (Å²) in [5, 5.41) is 0. The molecular weight excluding hydrogens is 230 g/mol. The van der Waals surface area contributed by atoms with Crippen molar-refractivity contribution in [3.8, 4) is 0 Å². The number of amides is 1. The van der Waals surface area contributed by atoms with Crippen molar-refractivity contribution in [3.05, 3.63) is 12.2 Å². The predicted molar refractivity (Wildman–Crippen MR) is 75.9 cm³/mol. The van der Waals surface area contributed by atoms with Crippen LogP contribution in [0.2, 0.25) is 0 Å². The second-order valence-corrected chi connectivity index (χ2v) is 5.55. The van der Waals surface area contributed by atoms with Crippen LogP contribution in [0, 0.1) is 0 Å². The fourth-order valence-corrected chi connectivity index (χ4v) is 2.65. The molecular formula is C14H25NOS. The molecule has 0 saturated carbocycles. The van der Waals surface area contributed by atoms with E-state index in [1.807, 2.05) is 0 Å². The summed E-state index contributed by atoms with van der Waals surface area (Å²) in [6, 6.07) is 0. The Morgan fingerprint density at radius 3 is 2.35 bits per heavy atom. The van der Waals surface area contributed by atoms with Gasteiger partial charge in [-0.1, -0.05) is 43.4 Å². The van der Waals surface area contributed by atoms with Crippen LogP contribution < -0.4 is 4.72 Å². The van der Waals surface area contributed by atoms with Gasteiger partial charge in [0.2, 0.25) is 5.91 Å². The van der Waals surface area contributed by atoms with E-state index in [9.17, 15) is 4.79 Å². The Labute approximate surface area is 110 Å². The number of hydrogen-bond donors (Lipinski definition) is 1. The van der Waals surface area contributed by atoms with Crippen LogP contribution in [0.4, 0.5) is 0 Å². The van der Waals surface area contributed by atoms with E-state index in [1.54, 1.807) is 11.9 Å². The molecule has 1 rings (SSSR count). The summed E-state index contributed by atoms with van der Waals surface area (Å²) in [5.41, 5.74) is 0. The van der Waals surface area contributed by atoms with Crippen LogP contribution in [0.15, 0.2) is 12.2 Å². The summed E-state index contributed by atoms with van der Waals surface area (Å²) in [6.07, 6.45) is 16.3. The first-order valence-corrected chi connectivity index (χ1v) is 7.94. The molecule has 0 aromatic carbocycles. The van der Waals surface area contributed by atoms with E-state index in [0.29, 0.717) is 6.42 Å². The Balaban J connectivity index is 2.18. The van der Waals surface area contributed by atoms with Gasteiger partial charge in [0, 0.05) is 12.2 Å². The molecule has 0 unspecified atom stereocenters. The smallest absolute Gasteiger partial charge is 0.229 e. The van der Waals surface area contributed by atoms with Gasteiger partial charge in [0.1, 0.15) is 0 Å². The molecule has 1 amide bonds. The summed E-state index contributed by atoms with van der Waals surface area (Å²) in [6.45, 7) is 0. The Bertz CT molecular complexity index is 228. The SMILES string of the molecule is O=C1CCCCCCC/C=C/CCCCSN1. The molecule has 1 aliphatic rings. The van der Waals surface area contributed by atoms with Crippen LogP contribution in [0.1, 0.15) is 64.2 Å². The molecule has 0 fully saturated rings. The van der Waals surface area contributed by atoms with Crippen molar-refractivity contribution in [3.63, 3.8) is 0 Å². The predicted octanol–water partition coefficient (Wildman–Crippen LogP) is 4.22. The number of carbonyl (C=O) groups is 1. The Hall–Kier alpha value is -0.440. The van der Waals surface area contributed by atoms with Crippen molar-refractivity contribution in [2.75, 3.05) is 5.75 Å². The lowest BCUT2D eigenvalue weighted by Crippen LogP contribution is -2.15. The third-order valence-corrected chi connectivity index (χ3v) is 3.86. The molecule has 0 aliphatic carbocycles. The van der Waals surface area contributed by atoms with E-state index in [1.165, 1.54) is 51.4 Å². The molecule has 3 heteroatoms. The molecule has 0 radical (unpaired) electrons. The van der Waals surface area contributed by atoms with Crippen LogP contribution in [0.25, 0.3) is 0 Å². The van der Waals surface area contributed by atoms with Crippen LogP contribution in [0.5, 0.6) is 0 Å². The summed E-state index contributed by atoms with van der Waals surface area (Å²) in [4.78, 5) is 11.4. The standard InChI is InChI=1S/C14H25NOS/c16-14-12-10-8-6-4-2-1-3-5-7-9-11-13-17-15-14/h3,5H,1-2,4,6-13H2,(H,15,16)/b5-3+. The summed E-state index contributed by atoms with van der Waals surface area (Å²) in [7, 11) is 0. The number of carbonyl (C=O) groups excluding carboxylic acids is 1. The maximum Gasteiger partial charge on any atom is 0.229 e. The molecule has 98 valence electrons. The van der Waals surface area contributed by atoms with E-state index in [2.05, 4.69) is 16.9 Å². The van der Waals surface area contributed by atoms with E-state index >= 15 is 0 Å². The molecule has 0 saturated heterocycles. The molecule has 0 aromatic rings. The van der Waals surface area contributed by atoms with Crippen molar-refractivity contribution < 1.29 is 4.79 Å². The first kappa shape index (κ1) is 14.6. The van der Waals surface area contributed by atoms with Gasteiger partial charge in [-0.05, 0) is 38.5 Å². The van der Waals surface area contributed by atoms with Gasteiger partial charge >= 0.3 is 0 Å². The van der Waals surface area contributed by atoms with Crippen molar-refractivity contribution in [1.29, 1.82) is 0 Å². The first-order valence-electron chi connectivity index (χ1n) is 6.95. The zero-order valence-electron chi connectivity index (χ0n) is 10.7. The van der Waals surface area contributed by atoms with Crippen molar-refractivity contribution >= 4 is 17.9 Å². The van der Waals surface area contributed by atoms with E-state index in [-0.39, 0.29) is 5.91 Å². The van der Waals surface area contributed by atoms with E-state index < -0.39 is 0 Å². The van der Waals surface area contributed by atoms with Gasteiger partial charge in [-0.15, -0.1) is 0 Å². The first-order chi connectivity index (χ1) is 8.39. The molecule has 0 aromatic heterocycles. The molecule has 1 N–H and O–H groups in total. The van der Waals surface area contributed by atoms with Crippen LogP contribution in [-0.4, -0.2) is 11.7 Å². The quantitative estimate of drug-likeness (QED) is 0.518. The average Bonchev–Trinajstić information content (AvgIpc) is 2.32. The highest BCUT2D eigenvalue weighted by molar-refractivity contribution is 7.97. The molecule has 1 heterocycles. The molecule has 0 spiro atoms. The van der Waals surface area contributed by atoms with Crippen molar-refractivity contribution in [2.45, 2.75) is 64.2 Å². The monoisotopic (exact) mass is 255 g/mol. The lowest BCUT2D eigenvalue weighted by Gasteiger charge is -2.05. The topological polar surface area (TPSA) is 29.1 Å². The Kier molecular flexibility index (Phi) is 9.20. The third-order valence-electron chi connectivity index (χ3n) is 2.99. The van der Waals surface area contributed by atoms with Gasteiger partial charge in [0.25, 0.3) is 0 Å². The minimum absolute atomic E-state index is 0.210. The van der Waals surface area contributed by atoms with E-state index in [0.717, 1.165) is 12.2 Å². The van der Waals surface area contributed by atoms with Crippen LogP contribution in [-0.2, 0) is 4.79 Å². The van der Waals surface area contributed by atoms with Crippen LogP contribution in [0.3, 0.4) is 0 Å². The maximum atomic E-state index is 11.4. The number of hydrogen-bond acceptors (Lipinski definition) is 2. The highest BCUT2D eigenvalue weighted by Crippen LogP contribution is 2.10. The van der Waals surface area contributed by atoms with Crippen molar-refractivity contribution in [2.24, 2.45) is 0 Å². The van der Waals surface area contributed by atoms with Crippen molar-refractivity contribution in [1.82, 2.24) is 4.72 Å². The maximum absolute atomic E-state index is 11.4. The lowest BCUT2D eigenvalue weighted by molar-refractivity contribution is -0.119. The van der Waals surface area contributed by atoms with Gasteiger partial charge in [0.15, 0.2) is 0 Å². The molecule has 0 bridgehead atoms. The van der Waals surface area contributed by atoms with Gasteiger partial charge in [-0.2, -0.15) is 0 Å². The summed E-state index contributed by atoms with van der Waals surface area (Å²) < 4.78 is 2.92. The minimum Gasteiger partial charge on any atom is -0.300 e. The second-order valence-electron chi connectivity index (χ2n) is 4.65. The molecule has 17 heavy (non-hydrogen) atoms. The molecule has 2 nitrogen and oxygen atoms in total. The van der Waals surface area contributed by atoms with Gasteiger partial charge in [-0.3, -0.25) is 4.79 Å². The normalized spacial score (nSPS) is 23.9. The van der Waals surface area contributed by atoms with Gasteiger partial charge < -0.3 is 4.72 Å². The molecule has 1 aliphatic heterocycles. The Morgan fingerprint density at radius 2 is 1.53 bits per heavy atom. The lowest BCUT2D eigenvalue weighted by atomic mass is 10.1. The molecule has 0 atom stereocenters. The largest absolute Gasteiger partial charge is 0.300 e. The summed E-state index contributed by atoms with van der Waals surface area (Å²) >= 11 is 1.57. The Morgan fingerprint density at radius 1 is 0.882 bits per heavy atom. The fraction of sp³-hybridized carbons (Fsp3) is 0.786. The zero-order valence-corrected chi connectivity index (χ0v) is 11.6. The number of nitrogens with one attached hydrogen (secondary N) is 1. The average molecular weight is 255 g/mol. The summed E-state index contributed by atoms with van der Waals surface area (Å²) in [5.74, 6) is 1.25. The number of allylic oxidation sites excluding steroid dienone is 2. The van der Waals surface area contributed by atoms with Gasteiger partial charge in [0.05, 0.1) is 0 Å². The van der Waals surface area contributed by atoms with Crippen LogP contribution >= 0.6 is 11.9 Å². The second kappa shape index (κ2) is 10.7. The fourth-order valence-electron chi connectivity index (χ4n) is 1.93. The number of rotatable bonds is 0. The highest BCUT2D eigenvalue weighted by atomic mass is 32.2. The highest BCUT2D eigenvalue weighted by Gasteiger charge is 2.01. The van der Waals surface area contributed by atoms with Gasteiger partial charge in [-0.25, -0.2) is 0 Å². The van der Waals surface area contributed by atoms with E-state index in [4.69, 9.17) is 0 Å². The zero-order chi connectivity index (χ0) is 12.2.